The molecule has 1 fully saturated rings. The van der Waals surface area contributed by atoms with E-state index in [4.69, 9.17) is 4.52 Å². The van der Waals surface area contributed by atoms with E-state index >= 15 is 0 Å². The molecule has 4 nitrogen and oxygen atoms in total. The molecule has 0 atom stereocenters. The van der Waals surface area contributed by atoms with Crippen LogP contribution in [0.1, 0.15) is 34.7 Å². The summed E-state index contributed by atoms with van der Waals surface area (Å²) in [6, 6.07) is 12.0. The Balaban J connectivity index is 1.63. The highest BCUT2D eigenvalue weighted by atomic mass is 16.5. The number of aromatic nitrogens is 1. The fraction of sp³-hybridized carbons (Fsp3) is 0.294. The van der Waals surface area contributed by atoms with Crippen molar-refractivity contribution in [1.29, 1.82) is 0 Å². The van der Waals surface area contributed by atoms with Crippen molar-refractivity contribution in [3.63, 3.8) is 0 Å². The lowest BCUT2D eigenvalue weighted by molar-refractivity contribution is 0.0702. The fourth-order valence-electron chi connectivity index (χ4n) is 2.55. The van der Waals surface area contributed by atoms with Gasteiger partial charge >= 0.3 is 0 Å². The minimum atomic E-state index is -0.0608. The monoisotopic (exact) mass is 282 g/mol. The molecule has 0 spiro atoms. The van der Waals surface area contributed by atoms with Gasteiger partial charge in [0.15, 0.2) is 0 Å². The molecule has 0 aliphatic carbocycles. The second-order valence-electron chi connectivity index (χ2n) is 5.34. The molecule has 0 N–H and O–H groups in total. The lowest BCUT2D eigenvalue weighted by atomic mass is 10.0. The van der Waals surface area contributed by atoms with Crippen LogP contribution in [0, 0.1) is 6.92 Å². The molecule has 0 bridgehead atoms. The molecule has 2 heterocycles. The second kappa shape index (κ2) is 5.95. The molecule has 1 saturated heterocycles. The van der Waals surface area contributed by atoms with E-state index in [0.717, 1.165) is 31.6 Å². The third kappa shape index (κ3) is 3.21. The number of amides is 1. The van der Waals surface area contributed by atoms with E-state index in [1.165, 1.54) is 11.1 Å². The number of nitrogens with zero attached hydrogens (tertiary/aromatic N) is 2. The minimum Gasteiger partial charge on any atom is -0.351 e. The smallest absolute Gasteiger partial charge is 0.292 e. The van der Waals surface area contributed by atoms with Crippen LogP contribution in [0.3, 0.4) is 0 Å². The van der Waals surface area contributed by atoms with Crippen LogP contribution in [0.2, 0.25) is 0 Å². The van der Waals surface area contributed by atoms with Crippen LogP contribution in [0.25, 0.3) is 6.08 Å². The molecule has 3 rings (SSSR count). The van der Waals surface area contributed by atoms with Crippen LogP contribution < -0.4 is 0 Å². The van der Waals surface area contributed by atoms with Crippen molar-refractivity contribution in [3.05, 3.63) is 59.0 Å². The molecular formula is C17H18N2O2. The van der Waals surface area contributed by atoms with Gasteiger partial charge in [-0.05, 0) is 25.3 Å². The molecule has 1 amide bonds. The molecule has 0 radical (unpaired) electrons. The van der Waals surface area contributed by atoms with E-state index in [1.54, 1.807) is 6.07 Å². The first-order chi connectivity index (χ1) is 10.2. The van der Waals surface area contributed by atoms with Gasteiger partial charge in [0.2, 0.25) is 5.76 Å². The number of carbonyl (C=O) groups is 1. The number of hydrogen-bond donors (Lipinski definition) is 0. The Hall–Kier alpha value is -2.36. The number of rotatable bonds is 2. The highest BCUT2D eigenvalue weighted by Gasteiger charge is 2.23. The number of likely N-dealkylation sites (tertiary alicyclic amines) is 1. The summed E-state index contributed by atoms with van der Waals surface area (Å²) in [4.78, 5) is 14.1. The van der Waals surface area contributed by atoms with E-state index in [9.17, 15) is 4.79 Å². The zero-order valence-corrected chi connectivity index (χ0v) is 12.1. The zero-order chi connectivity index (χ0) is 14.7. The normalized spacial score (nSPS) is 15.1. The standard InChI is InChI=1S/C17H18N2O2/c1-13-11-16(21-18-13)17(20)19-9-7-15(8-10-19)12-14-5-3-2-4-6-14/h2-6,11-12H,7-10H2,1H3. The molecular weight excluding hydrogens is 264 g/mol. The summed E-state index contributed by atoms with van der Waals surface area (Å²) in [6.07, 6.45) is 4.04. The number of piperidine rings is 1. The zero-order valence-electron chi connectivity index (χ0n) is 12.1. The third-order valence-corrected chi connectivity index (χ3v) is 3.70. The van der Waals surface area contributed by atoms with Crippen molar-refractivity contribution in [2.24, 2.45) is 0 Å². The molecule has 0 unspecified atom stereocenters. The van der Waals surface area contributed by atoms with Gasteiger partial charge in [0, 0.05) is 19.2 Å². The molecule has 4 heteroatoms. The first kappa shape index (κ1) is 13.6. The summed E-state index contributed by atoms with van der Waals surface area (Å²) in [6.45, 7) is 3.28. The molecule has 108 valence electrons. The van der Waals surface area contributed by atoms with Crippen molar-refractivity contribution in [1.82, 2.24) is 10.1 Å². The number of hydrogen-bond acceptors (Lipinski definition) is 3. The largest absolute Gasteiger partial charge is 0.351 e. The summed E-state index contributed by atoms with van der Waals surface area (Å²) >= 11 is 0. The van der Waals surface area contributed by atoms with Crippen LogP contribution in [0.15, 0.2) is 46.5 Å². The maximum absolute atomic E-state index is 12.3. The minimum absolute atomic E-state index is 0.0608. The Morgan fingerprint density at radius 1 is 1.24 bits per heavy atom. The Labute approximate surface area is 124 Å². The Morgan fingerprint density at radius 3 is 2.57 bits per heavy atom. The lowest BCUT2D eigenvalue weighted by Gasteiger charge is -2.27. The maximum atomic E-state index is 12.3. The average Bonchev–Trinajstić information content (AvgIpc) is 2.95. The molecule has 0 saturated carbocycles. The summed E-state index contributed by atoms with van der Waals surface area (Å²) in [5, 5.41) is 3.77. The van der Waals surface area contributed by atoms with Crippen molar-refractivity contribution in [3.8, 4) is 0 Å². The van der Waals surface area contributed by atoms with Crippen LogP contribution in [0.5, 0.6) is 0 Å². The van der Waals surface area contributed by atoms with Crippen molar-refractivity contribution >= 4 is 12.0 Å². The molecule has 2 aromatic rings. The van der Waals surface area contributed by atoms with Crippen LogP contribution >= 0.6 is 0 Å². The fourth-order valence-corrected chi connectivity index (χ4v) is 2.55. The van der Waals surface area contributed by atoms with Gasteiger partial charge in [0.25, 0.3) is 5.91 Å². The Bertz CT molecular complexity index is 648. The number of benzene rings is 1. The van der Waals surface area contributed by atoms with E-state index in [0.29, 0.717) is 5.76 Å². The first-order valence-electron chi connectivity index (χ1n) is 7.19. The Kier molecular flexibility index (Phi) is 3.86. The highest BCUT2D eigenvalue weighted by Crippen LogP contribution is 2.21. The van der Waals surface area contributed by atoms with Gasteiger partial charge in [-0.2, -0.15) is 0 Å². The van der Waals surface area contributed by atoms with Crippen molar-refractivity contribution < 1.29 is 9.32 Å². The second-order valence-corrected chi connectivity index (χ2v) is 5.34. The predicted octanol–water partition coefficient (Wildman–Crippen LogP) is 3.30. The van der Waals surface area contributed by atoms with E-state index in [1.807, 2.05) is 30.0 Å². The number of carbonyl (C=O) groups excluding carboxylic acids is 1. The molecule has 1 aliphatic heterocycles. The topological polar surface area (TPSA) is 46.3 Å². The van der Waals surface area contributed by atoms with Gasteiger partial charge < -0.3 is 9.42 Å². The SMILES string of the molecule is Cc1cc(C(=O)N2CCC(=Cc3ccccc3)CC2)on1. The summed E-state index contributed by atoms with van der Waals surface area (Å²) in [5.74, 6) is 0.275. The molecule has 21 heavy (non-hydrogen) atoms. The lowest BCUT2D eigenvalue weighted by Crippen LogP contribution is -2.36. The highest BCUT2D eigenvalue weighted by molar-refractivity contribution is 5.91. The quantitative estimate of drug-likeness (QED) is 0.849. The first-order valence-corrected chi connectivity index (χ1v) is 7.19. The van der Waals surface area contributed by atoms with Crippen molar-refractivity contribution in [2.75, 3.05) is 13.1 Å². The Morgan fingerprint density at radius 2 is 1.95 bits per heavy atom. The third-order valence-electron chi connectivity index (χ3n) is 3.70. The van der Waals surface area contributed by atoms with Gasteiger partial charge in [-0.15, -0.1) is 0 Å². The van der Waals surface area contributed by atoms with Crippen LogP contribution in [-0.2, 0) is 0 Å². The van der Waals surface area contributed by atoms with Crippen molar-refractivity contribution in [2.45, 2.75) is 19.8 Å². The molecule has 1 aromatic carbocycles. The maximum Gasteiger partial charge on any atom is 0.292 e. The number of aryl methyl sites for hydroxylation is 1. The van der Waals surface area contributed by atoms with Gasteiger partial charge in [0.05, 0.1) is 5.69 Å². The van der Waals surface area contributed by atoms with Gasteiger partial charge in [-0.3, -0.25) is 4.79 Å². The molecule has 1 aliphatic rings. The van der Waals surface area contributed by atoms with Gasteiger partial charge in [-0.25, -0.2) is 0 Å². The average molecular weight is 282 g/mol. The van der Waals surface area contributed by atoms with Crippen LogP contribution in [0.4, 0.5) is 0 Å². The summed E-state index contributed by atoms with van der Waals surface area (Å²) in [5.41, 5.74) is 3.34. The van der Waals surface area contributed by atoms with Crippen LogP contribution in [-0.4, -0.2) is 29.1 Å². The van der Waals surface area contributed by atoms with E-state index in [2.05, 4.69) is 23.4 Å². The van der Waals surface area contributed by atoms with Gasteiger partial charge in [-0.1, -0.05) is 47.1 Å². The van der Waals surface area contributed by atoms with E-state index in [-0.39, 0.29) is 5.91 Å². The van der Waals surface area contributed by atoms with Gasteiger partial charge in [0.1, 0.15) is 0 Å². The molecule has 1 aromatic heterocycles. The summed E-state index contributed by atoms with van der Waals surface area (Å²) < 4.78 is 5.05. The summed E-state index contributed by atoms with van der Waals surface area (Å²) in [7, 11) is 0. The van der Waals surface area contributed by atoms with E-state index < -0.39 is 0 Å². The predicted molar refractivity (Wildman–Crippen MR) is 80.8 cm³/mol.